The molecule has 5 rings (SSSR count). The van der Waals surface area contributed by atoms with Crippen LogP contribution >= 0.6 is 0 Å². The molecule has 0 atom stereocenters. The summed E-state index contributed by atoms with van der Waals surface area (Å²) in [5.74, 6) is 1.68. The molecule has 1 aromatic carbocycles. The van der Waals surface area contributed by atoms with Crippen LogP contribution in [0.1, 0.15) is 22.5 Å². The molecule has 0 bridgehead atoms. The van der Waals surface area contributed by atoms with E-state index < -0.39 is 0 Å². The average Bonchev–Trinajstić information content (AvgIpc) is 3.45. The molecule has 1 N–H and O–H groups in total. The second-order valence-corrected chi connectivity index (χ2v) is 6.89. The largest absolute Gasteiger partial charge is 0.467 e. The van der Waals surface area contributed by atoms with Gasteiger partial charge in [0.2, 0.25) is 0 Å². The Bertz CT molecular complexity index is 1230. The number of fused-ring (bicyclic) bond motifs is 1. The zero-order chi connectivity index (χ0) is 19.1. The smallest absolute Gasteiger partial charge is 0.177 e. The Morgan fingerprint density at radius 2 is 2.04 bits per heavy atom. The fraction of sp³-hybridized carbons (Fsp3) is 0.200. The number of aryl methyl sites for hydroxylation is 2. The van der Waals surface area contributed by atoms with Crippen LogP contribution in [0.5, 0.6) is 0 Å². The van der Waals surface area contributed by atoms with Crippen molar-refractivity contribution in [2.24, 2.45) is 0 Å². The summed E-state index contributed by atoms with van der Waals surface area (Å²) in [5.41, 5.74) is 6.35. The van der Waals surface area contributed by atoms with Crippen LogP contribution in [0.3, 0.4) is 0 Å². The number of benzene rings is 1. The lowest BCUT2D eigenvalue weighted by molar-refractivity contribution is 0.483. The minimum atomic E-state index is 0.547. The topological polar surface area (TPSA) is 90.3 Å². The van der Waals surface area contributed by atoms with Crippen molar-refractivity contribution in [2.45, 2.75) is 26.9 Å². The first-order valence-electron chi connectivity index (χ1n) is 9.04. The maximum Gasteiger partial charge on any atom is 0.177 e. The standard InChI is InChI=1S/C20H19N7O/c1-13-6-14(2)17(7-15(13)9-26-12-21-11-23-26)19-24-18-8-22-27(20(18)25-19)10-16-4-3-5-28-16/h3-8,11-12H,9-10H2,1-2H3,(H,24,25). The third kappa shape index (κ3) is 2.88. The maximum atomic E-state index is 5.43. The van der Waals surface area contributed by atoms with Crippen molar-refractivity contribution in [1.29, 1.82) is 0 Å². The molecule has 0 saturated carbocycles. The molecule has 0 saturated heterocycles. The van der Waals surface area contributed by atoms with Gasteiger partial charge in [-0.25, -0.2) is 19.3 Å². The van der Waals surface area contributed by atoms with Crippen LogP contribution in [0, 0.1) is 13.8 Å². The van der Waals surface area contributed by atoms with Crippen molar-refractivity contribution in [3.8, 4) is 11.4 Å². The van der Waals surface area contributed by atoms with E-state index in [1.54, 1.807) is 25.1 Å². The van der Waals surface area contributed by atoms with Crippen LogP contribution in [0.4, 0.5) is 0 Å². The van der Waals surface area contributed by atoms with E-state index in [9.17, 15) is 0 Å². The first-order chi connectivity index (χ1) is 13.7. The zero-order valence-electron chi connectivity index (χ0n) is 15.6. The van der Waals surface area contributed by atoms with E-state index in [2.05, 4.69) is 46.1 Å². The molecule has 0 radical (unpaired) electrons. The summed E-state index contributed by atoms with van der Waals surface area (Å²) >= 11 is 0. The van der Waals surface area contributed by atoms with Gasteiger partial charge in [-0.3, -0.25) is 0 Å². The molecule has 0 amide bonds. The molecule has 4 heterocycles. The van der Waals surface area contributed by atoms with Gasteiger partial charge in [0.05, 0.1) is 19.0 Å². The lowest BCUT2D eigenvalue weighted by Gasteiger charge is -2.11. The maximum absolute atomic E-state index is 5.43. The Morgan fingerprint density at radius 3 is 2.82 bits per heavy atom. The summed E-state index contributed by atoms with van der Waals surface area (Å²) < 4.78 is 9.09. The van der Waals surface area contributed by atoms with Crippen LogP contribution in [-0.2, 0) is 13.1 Å². The molecule has 0 aliphatic heterocycles. The number of aromatic amines is 1. The number of H-pyrrole nitrogens is 1. The van der Waals surface area contributed by atoms with Crippen LogP contribution in [0.15, 0.2) is 53.8 Å². The van der Waals surface area contributed by atoms with Crippen LogP contribution < -0.4 is 0 Å². The summed E-state index contributed by atoms with van der Waals surface area (Å²) in [5, 5.41) is 8.63. The van der Waals surface area contributed by atoms with Gasteiger partial charge in [-0.15, -0.1) is 0 Å². The predicted molar refractivity (Wildman–Crippen MR) is 104 cm³/mol. The van der Waals surface area contributed by atoms with Crippen molar-refractivity contribution in [3.05, 3.63) is 71.8 Å². The van der Waals surface area contributed by atoms with Gasteiger partial charge in [0.1, 0.15) is 36.3 Å². The number of rotatable bonds is 5. The highest BCUT2D eigenvalue weighted by Gasteiger charge is 2.15. The summed E-state index contributed by atoms with van der Waals surface area (Å²) in [6.45, 7) is 5.43. The van der Waals surface area contributed by atoms with Crippen LogP contribution in [0.25, 0.3) is 22.6 Å². The van der Waals surface area contributed by atoms with Gasteiger partial charge in [0, 0.05) is 5.56 Å². The van der Waals surface area contributed by atoms with Gasteiger partial charge in [0.15, 0.2) is 5.65 Å². The molecular weight excluding hydrogens is 354 g/mol. The van der Waals surface area contributed by atoms with Gasteiger partial charge in [-0.2, -0.15) is 10.2 Å². The van der Waals surface area contributed by atoms with Crippen molar-refractivity contribution in [1.82, 2.24) is 34.5 Å². The number of aromatic nitrogens is 7. The van der Waals surface area contributed by atoms with Crippen molar-refractivity contribution < 1.29 is 4.42 Å². The SMILES string of the molecule is Cc1cc(C)c(-c2nc3c(cnn3Cc3ccco3)[nH]2)cc1Cn1cncn1. The van der Waals surface area contributed by atoms with E-state index in [0.29, 0.717) is 13.1 Å². The molecule has 0 aliphatic carbocycles. The second kappa shape index (κ2) is 6.49. The first-order valence-corrected chi connectivity index (χ1v) is 9.04. The van der Waals surface area contributed by atoms with Crippen LogP contribution in [-0.4, -0.2) is 34.5 Å². The fourth-order valence-electron chi connectivity index (χ4n) is 3.45. The molecule has 0 aliphatic rings. The van der Waals surface area contributed by atoms with Gasteiger partial charge < -0.3 is 9.40 Å². The Morgan fingerprint density at radius 1 is 1.11 bits per heavy atom. The Kier molecular flexibility index (Phi) is 3.82. The average molecular weight is 373 g/mol. The van der Waals surface area contributed by atoms with E-state index >= 15 is 0 Å². The fourth-order valence-corrected chi connectivity index (χ4v) is 3.45. The Hall–Kier alpha value is -3.68. The summed E-state index contributed by atoms with van der Waals surface area (Å²) in [4.78, 5) is 12.2. The molecule has 5 aromatic rings. The zero-order valence-corrected chi connectivity index (χ0v) is 15.6. The normalized spacial score (nSPS) is 11.5. The predicted octanol–water partition coefficient (Wildman–Crippen LogP) is 3.32. The van der Waals surface area contributed by atoms with Gasteiger partial charge in [-0.05, 0) is 48.7 Å². The second-order valence-electron chi connectivity index (χ2n) is 6.89. The molecule has 8 heteroatoms. The molecule has 0 fully saturated rings. The van der Waals surface area contributed by atoms with E-state index in [1.165, 1.54) is 16.7 Å². The quantitative estimate of drug-likeness (QED) is 0.510. The molecule has 28 heavy (non-hydrogen) atoms. The monoisotopic (exact) mass is 373 g/mol. The molecule has 8 nitrogen and oxygen atoms in total. The molecule has 4 aromatic heterocycles. The summed E-state index contributed by atoms with van der Waals surface area (Å²) in [7, 11) is 0. The minimum Gasteiger partial charge on any atom is -0.467 e. The molecule has 0 spiro atoms. The highest BCUT2D eigenvalue weighted by Crippen LogP contribution is 2.27. The van der Waals surface area contributed by atoms with E-state index in [4.69, 9.17) is 9.40 Å². The minimum absolute atomic E-state index is 0.547. The third-order valence-electron chi connectivity index (χ3n) is 4.91. The third-order valence-corrected chi connectivity index (χ3v) is 4.91. The lowest BCUT2D eigenvalue weighted by atomic mass is 9.99. The highest BCUT2D eigenvalue weighted by molar-refractivity contribution is 5.77. The Balaban J connectivity index is 1.53. The number of hydrogen-bond acceptors (Lipinski definition) is 5. The number of hydrogen-bond donors (Lipinski definition) is 1. The molecule has 140 valence electrons. The number of imidazole rings is 1. The van der Waals surface area contributed by atoms with Crippen molar-refractivity contribution >= 4 is 11.2 Å². The highest BCUT2D eigenvalue weighted by atomic mass is 16.3. The van der Waals surface area contributed by atoms with Crippen LogP contribution in [0.2, 0.25) is 0 Å². The van der Waals surface area contributed by atoms with E-state index in [1.807, 2.05) is 21.5 Å². The number of furan rings is 1. The number of nitrogens with one attached hydrogen (secondary N) is 1. The molecule has 0 unspecified atom stereocenters. The van der Waals surface area contributed by atoms with E-state index in [0.717, 1.165) is 28.3 Å². The van der Waals surface area contributed by atoms with Gasteiger partial charge >= 0.3 is 0 Å². The summed E-state index contributed by atoms with van der Waals surface area (Å²) in [6.07, 6.45) is 6.74. The first kappa shape index (κ1) is 16.5. The lowest BCUT2D eigenvalue weighted by Crippen LogP contribution is -2.03. The van der Waals surface area contributed by atoms with Crippen molar-refractivity contribution in [2.75, 3.05) is 0 Å². The Labute approximate surface area is 160 Å². The van der Waals surface area contributed by atoms with Gasteiger partial charge in [0.25, 0.3) is 0 Å². The van der Waals surface area contributed by atoms with Crippen molar-refractivity contribution in [3.63, 3.8) is 0 Å². The summed E-state index contributed by atoms with van der Waals surface area (Å²) in [6, 6.07) is 8.16. The number of nitrogens with zero attached hydrogens (tertiary/aromatic N) is 6. The molecular formula is C20H19N7O. The van der Waals surface area contributed by atoms with E-state index in [-0.39, 0.29) is 0 Å². The van der Waals surface area contributed by atoms with Gasteiger partial charge in [-0.1, -0.05) is 6.07 Å².